The number of nitrogens with zero attached hydrogens (tertiary/aromatic N) is 1. The monoisotopic (exact) mass is 503 g/mol. The summed E-state index contributed by atoms with van der Waals surface area (Å²) in [5.74, 6) is 0.0162. The Hall–Kier alpha value is -2.44. The fourth-order valence-corrected chi connectivity index (χ4v) is 3.81. The second-order valence-electron chi connectivity index (χ2n) is 10.1. The lowest BCUT2D eigenvalue weighted by Crippen LogP contribution is -2.50. The molecule has 9 nitrogen and oxygen atoms in total. The molecule has 1 aromatic rings. The Kier molecular flexibility index (Phi) is 9.87. The van der Waals surface area contributed by atoms with Gasteiger partial charge in [0.1, 0.15) is 29.7 Å². The van der Waals surface area contributed by atoms with Gasteiger partial charge in [0.25, 0.3) is 0 Å². The SMILES string of the molecule is CC1CCC([C@H](NC(=O)OC(C)(C)C)C(=O)Nc2cc(C(O)NCC(N)C(F)(F)F)ccn2)CC1. The molecule has 0 radical (unpaired) electrons. The van der Waals surface area contributed by atoms with Crippen LogP contribution in [-0.2, 0) is 9.53 Å². The zero-order chi connectivity index (χ0) is 26.4. The number of rotatable bonds is 8. The van der Waals surface area contributed by atoms with E-state index in [1.165, 1.54) is 18.3 Å². The van der Waals surface area contributed by atoms with Gasteiger partial charge in [-0.2, -0.15) is 13.2 Å². The Morgan fingerprint density at radius 1 is 1.23 bits per heavy atom. The molecule has 0 spiro atoms. The highest BCUT2D eigenvalue weighted by Crippen LogP contribution is 2.31. The van der Waals surface area contributed by atoms with Crippen LogP contribution in [0.25, 0.3) is 0 Å². The maximum atomic E-state index is 13.2. The van der Waals surface area contributed by atoms with Crippen LogP contribution in [0.15, 0.2) is 18.3 Å². The Balaban J connectivity index is 2.10. The quantitative estimate of drug-likeness (QED) is 0.343. The lowest BCUT2D eigenvalue weighted by molar-refractivity contribution is -0.147. The van der Waals surface area contributed by atoms with Gasteiger partial charge in [-0.3, -0.25) is 10.1 Å². The summed E-state index contributed by atoms with van der Waals surface area (Å²) >= 11 is 0. The maximum Gasteiger partial charge on any atom is 0.408 e. The standard InChI is InChI=1S/C23H36F3N5O4/c1-13-5-7-14(8-6-13)18(31-21(34)35-22(2,3)4)20(33)30-17-11-15(9-10-28-17)19(32)29-12-16(27)23(24,25)26/h9-11,13-14,16,18-19,29,32H,5-8,12,27H2,1-4H3,(H,31,34)(H,28,30,33)/t13?,14?,16?,18-,19?/m0/s1. The predicted molar refractivity (Wildman–Crippen MR) is 124 cm³/mol. The Bertz CT molecular complexity index is 854. The van der Waals surface area contributed by atoms with E-state index < -0.39 is 48.6 Å². The molecule has 3 atom stereocenters. The number of amides is 2. The van der Waals surface area contributed by atoms with Gasteiger partial charge in [-0.25, -0.2) is 9.78 Å². The number of hydrogen-bond donors (Lipinski definition) is 5. The number of aliphatic hydroxyl groups excluding tert-OH is 1. The Morgan fingerprint density at radius 2 is 1.86 bits per heavy atom. The molecular formula is C23H36F3N5O4. The van der Waals surface area contributed by atoms with Crippen molar-refractivity contribution in [2.75, 3.05) is 11.9 Å². The molecule has 0 saturated heterocycles. The number of halogens is 3. The number of nitrogens with two attached hydrogens (primary N) is 1. The van der Waals surface area contributed by atoms with Crippen molar-refractivity contribution >= 4 is 17.8 Å². The van der Waals surface area contributed by atoms with Gasteiger partial charge in [-0.05, 0) is 57.6 Å². The number of hydrogen-bond acceptors (Lipinski definition) is 7. The first-order valence-corrected chi connectivity index (χ1v) is 11.7. The summed E-state index contributed by atoms with van der Waals surface area (Å²) in [6, 6.07) is -0.278. The van der Waals surface area contributed by atoms with Crippen molar-refractivity contribution in [2.24, 2.45) is 17.6 Å². The molecule has 35 heavy (non-hydrogen) atoms. The van der Waals surface area contributed by atoms with E-state index in [2.05, 4.69) is 27.9 Å². The topological polar surface area (TPSA) is 139 Å². The van der Waals surface area contributed by atoms with Gasteiger partial charge >= 0.3 is 12.3 Å². The van der Waals surface area contributed by atoms with Crippen molar-refractivity contribution in [1.82, 2.24) is 15.6 Å². The van der Waals surface area contributed by atoms with Crippen molar-refractivity contribution in [1.29, 1.82) is 0 Å². The molecule has 1 aromatic heterocycles. The normalized spacial score (nSPS) is 21.5. The van der Waals surface area contributed by atoms with E-state index in [4.69, 9.17) is 10.5 Å². The van der Waals surface area contributed by atoms with Gasteiger partial charge < -0.3 is 26.2 Å². The van der Waals surface area contributed by atoms with E-state index in [1.807, 2.05) is 0 Å². The first-order valence-electron chi connectivity index (χ1n) is 11.7. The van der Waals surface area contributed by atoms with Crippen LogP contribution in [0, 0.1) is 11.8 Å². The molecule has 1 fully saturated rings. The van der Waals surface area contributed by atoms with Crippen molar-refractivity contribution in [2.45, 2.75) is 83.5 Å². The summed E-state index contributed by atoms with van der Waals surface area (Å²) in [6.45, 7) is 6.61. The molecule has 2 rings (SSSR count). The lowest BCUT2D eigenvalue weighted by atomic mass is 9.79. The highest BCUT2D eigenvalue weighted by Gasteiger charge is 2.37. The van der Waals surface area contributed by atoms with Gasteiger partial charge in [0.2, 0.25) is 5.91 Å². The minimum atomic E-state index is -4.60. The summed E-state index contributed by atoms with van der Waals surface area (Å²) in [6.07, 6.45) is -2.10. The molecule has 1 saturated carbocycles. The number of alkyl halides is 3. The van der Waals surface area contributed by atoms with Crippen molar-refractivity contribution in [3.05, 3.63) is 23.9 Å². The minimum absolute atomic E-state index is 0.0774. The third-order valence-corrected chi connectivity index (χ3v) is 5.79. The number of aromatic nitrogens is 1. The summed E-state index contributed by atoms with van der Waals surface area (Å²) in [4.78, 5) is 29.6. The fourth-order valence-electron chi connectivity index (χ4n) is 3.81. The molecule has 0 bridgehead atoms. The lowest BCUT2D eigenvalue weighted by Gasteiger charge is -2.33. The zero-order valence-corrected chi connectivity index (χ0v) is 20.5. The summed E-state index contributed by atoms with van der Waals surface area (Å²) in [5, 5.41) is 17.8. The van der Waals surface area contributed by atoms with Crippen molar-refractivity contribution in [3.8, 4) is 0 Å². The highest BCUT2D eigenvalue weighted by molar-refractivity contribution is 5.96. The summed E-state index contributed by atoms with van der Waals surface area (Å²) in [7, 11) is 0. The predicted octanol–water partition coefficient (Wildman–Crippen LogP) is 3.21. The molecular weight excluding hydrogens is 467 g/mol. The maximum absolute atomic E-state index is 13.2. The molecule has 2 unspecified atom stereocenters. The molecule has 1 aliphatic rings. The average molecular weight is 504 g/mol. The number of nitrogens with one attached hydrogen (secondary N) is 3. The van der Waals surface area contributed by atoms with Gasteiger partial charge in [-0.15, -0.1) is 0 Å². The number of carbonyl (C=O) groups is 2. The third kappa shape index (κ3) is 9.61. The molecule has 2 amide bonds. The first kappa shape index (κ1) is 28.8. The van der Waals surface area contributed by atoms with E-state index >= 15 is 0 Å². The molecule has 0 aliphatic heterocycles. The Labute approximate surface area is 203 Å². The van der Waals surface area contributed by atoms with Crippen molar-refractivity contribution < 1.29 is 32.6 Å². The highest BCUT2D eigenvalue weighted by atomic mass is 19.4. The summed E-state index contributed by atoms with van der Waals surface area (Å²) < 4.78 is 43.1. The first-order chi connectivity index (χ1) is 16.2. The third-order valence-electron chi connectivity index (χ3n) is 5.79. The van der Waals surface area contributed by atoms with Gasteiger partial charge in [0.05, 0.1) is 0 Å². The van der Waals surface area contributed by atoms with Gasteiger partial charge in [0, 0.05) is 18.3 Å². The van der Waals surface area contributed by atoms with Gasteiger partial charge in [-0.1, -0.05) is 19.8 Å². The number of anilines is 1. The number of aliphatic hydroxyl groups is 1. The largest absolute Gasteiger partial charge is 0.444 e. The van der Waals surface area contributed by atoms with Crippen LogP contribution in [0.2, 0.25) is 0 Å². The number of pyridine rings is 1. The second kappa shape index (κ2) is 12.0. The molecule has 12 heteroatoms. The second-order valence-corrected chi connectivity index (χ2v) is 10.1. The van der Waals surface area contributed by atoms with Crippen LogP contribution in [-0.4, -0.2) is 52.5 Å². The van der Waals surface area contributed by atoms with E-state index in [-0.39, 0.29) is 17.3 Å². The number of ether oxygens (including phenoxy) is 1. The number of carbonyl (C=O) groups excluding carboxylic acids is 2. The van der Waals surface area contributed by atoms with Crippen LogP contribution >= 0.6 is 0 Å². The molecule has 0 aromatic carbocycles. The van der Waals surface area contributed by atoms with Crippen LogP contribution in [0.3, 0.4) is 0 Å². The van der Waals surface area contributed by atoms with Crippen LogP contribution in [0.5, 0.6) is 0 Å². The molecule has 1 heterocycles. The van der Waals surface area contributed by atoms with Gasteiger partial charge in [0.15, 0.2) is 0 Å². The Morgan fingerprint density at radius 3 is 2.43 bits per heavy atom. The van der Waals surface area contributed by atoms with Crippen LogP contribution in [0.1, 0.15) is 65.2 Å². The van der Waals surface area contributed by atoms with E-state index in [0.717, 1.165) is 25.7 Å². The van der Waals surface area contributed by atoms with Crippen molar-refractivity contribution in [3.63, 3.8) is 0 Å². The minimum Gasteiger partial charge on any atom is -0.444 e. The molecule has 198 valence electrons. The van der Waals surface area contributed by atoms with Crippen LogP contribution in [0.4, 0.5) is 23.8 Å². The fraction of sp³-hybridized carbons (Fsp3) is 0.696. The van der Waals surface area contributed by atoms with Crippen LogP contribution < -0.4 is 21.7 Å². The number of alkyl carbamates (subject to hydrolysis) is 1. The summed E-state index contributed by atoms with van der Waals surface area (Å²) in [5.41, 5.74) is 4.50. The molecule has 1 aliphatic carbocycles. The smallest absolute Gasteiger partial charge is 0.408 e. The van der Waals surface area contributed by atoms with E-state index in [0.29, 0.717) is 5.92 Å². The van der Waals surface area contributed by atoms with E-state index in [9.17, 15) is 27.9 Å². The van der Waals surface area contributed by atoms with E-state index in [1.54, 1.807) is 20.8 Å². The average Bonchev–Trinajstić information content (AvgIpc) is 2.74. The molecule has 6 N–H and O–H groups in total. The zero-order valence-electron chi connectivity index (χ0n) is 20.5.